The molecule has 0 unspecified atom stereocenters. The van der Waals surface area contributed by atoms with E-state index >= 15 is 0 Å². The predicted molar refractivity (Wildman–Crippen MR) is 80.9 cm³/mol. The van der Waals surface area contributed by atoms with E-state index in [0.717, 1.165) is 17.7 Å². The number of fused-ring (bicyclic) bond motifs is 1. The van der Waals surface area contributed by atoms with Crippen molar-refractivity contribution >= 4 is 11.6 Å². The maximum absolute atomic E-state index is 11.6. The lowest BCUT2D eigenvalue weighted by Crippen LogP contribution is -2.04. The van der Waals surface area contributed by atoms with Gasteiger partial charge in [-0.3, -0.25) is 9.78 Å². The van der Waals surface area contributed by atoms with Crippen molar-refractivity contribution in [1.29, 1.82) is 0 Å². The summed E-state index contributed by atoms with van der Waals surface area (Å²) < 4.78 is 0. The van der Waals surface area contributed by atoms with Gasteiger partial charge in [0.15, 0.2) is 0 Å². The number of amides is 1. The van der Waals surface area contributed by atoms with Gasteiger partial charge in [0.25, 0.3) is 0 Å². The smallest absolute Gasteiger partial charge is 0.228 e. The molecule has 0 atom stereocenters. The monoisotopic (exact) mass is 266 g/mol. The molecular weight excluding hydrogens is 248 g/mol. The molecule has 3 heteroatoms. The van der Waals surface area contributed by atoms with Gasteiger partial charge in [-0.15, -0.1) is 0 Å². The molecule has 1 aliphatic heterocycles. The highest BCUT2D eigenvalue weighted by Gasteiger charge is 2.22. The first-order chi connectivity index (χ1) is 9.60. The number of anilines is 1. The van der Waals surface area contributed by atoms with Crippen molar-refractivity contribution in [1.82, 2.24) is 4.98 Å². The minimum absolute atomic E-state index is 0.0926. The van der Waals surface area contributed by atoms with Crippen molar-refractivity contribution in [2.75, 3.05) is 5.32 Å². The maximum atomic E-state index is 11.6. The van der Waals surface area contributed by atoms with E-state index in [1.807, 2.05) is 12.4 Å². The Balaban J connectivity index is 2.22. The zero-order valence-electron chi connectivity index (χ0n) is 12.1. The van der Waals surface area contributed by atoms with E-state index in [4.69, 9.17) is 0 Å². The van der Waals surface area contributed by atoms with Crippen LogP contribution in [0.5, 0.6) is 0 Å². The Kier molecular flexibility index (Phi) is 3.05. The number of aromatic nitrogens is 1. The molecule has 3 rings (SSSR count). The first-order valence-electron chi connectivity index (χ1n) is 6.97. The van der Waals surface area contributed by atoms with Crippen molar-refractivity contribution in [3.8, 4) is 11.1 Å². The maximum Gasteiger partial charge on any atom is 0.228 e. The van der Waals surface area contributed by atoms with E-state index in [2.05, 4.69) is 43.2 Å². The number of nitrogens with one attached hydrogen (secondary N) is 1. The number of rotatable bonds is 2. The molecular formula is C17H18N2O. The molecule has 0 aliphatic carbocycles. The molecule has 1 N–H and O–H groups in total. The molecule has 2 aromatic rings. The molecule has 1 aliphatic rings. The topological polar surface area (TPSA) is 42.0 Å². The molecule has 0 saturated heterocycles. The normalized spacial score (nSPS) is 13.2. The summed E-state index contributed by atoms with van der Waals surface area (Å²) in [6.07, 6.45) is 5.19. The highest BCUT2D eigenvalue weighted by molar-refractivity contribution is 6.01. The second kappa shape index (κ2) is 4.75. The Morgan fingerprint density at radius 3 is 2.55 bits per heavy atom. The van der Waals surface area contributed by atoms with E-state index in [0.29, 0.717) is 6.42 Å². The van der Waals surface area contributed by atoms with E-state index < -0.39 is 0 Å². The SMILES string of the molecule is CCc1cc(-c2c(C)cncc2C)cc2c1NC(=O)C2. The van der Waals surface area contributed by atoms with Gasteiger partial charge in [-0.2, -0.15) is 0 Å². The van der Waals surface area contributed by atoms with Crippen molar-refractivity contribution in [2.45, 2.75) is 33.6 Å². The van der Waals surface area contributed by atoms with E-state index in [-0.39, 0.29) is 5.91 Å². The lowest BCUT2D eigenvalue weighted by Gasteiger charge is -2.13. The highest BCUT2D eigenvalue weighted by atomic mass is 16.1. The predicted octanol–water partition coefficient (Wildman–Crippen LogP) is 3.42. The minimum atomic E-state index is 0.0926. The second-order valence-corrected chi connectivity index (χ2v) is 5.40. The quantitative estimate of drug-likeness (QED) is 0.905. The first-order valence-corrected chi connectivity index (χ1v) is 6.97. The minimum Gasteiger partial charge on any atom is -0.325 e. The van der Waals surface area contributed by atoms with Crippen molar-refractivity contribution < 1.29 is 4.79 Å². The molecule has 2 heterocycles. The van der Waals surface area contributed by atoms with Gasteiger partial charge in [0.05, 0.1) is 6.42 Å². The molecule has 1 aromatic carbocycles. The number of carbonyl (C=O) groups excluding carboxylic acids is 1. The van der Waals surface area contributed by atoms with Gasteiger partial charge in [0.1, 0.15) is 0 Å². The van der Waals surface area contributed by atoms with Crippen molar-refractivity contribution in [2.24, 2.45) is 0 Å². The third kappa shape index (κ3) is 1.99. The molecule has 0 fully saturated rings. The lowest BCUT2D eigenvalue weighted by atomic mass is 9.93. The van der Waals surface area contributed by atoms with Gasteiger partial charge in [-0.05, 0) is 65.8 Å². The summed E-state index contributed by atoms with van der Waals surface area (Å²) in [6.45, 7) is 6.28. The van der Waals surface area contributed by atoms with Crippen LogP contribution in [0.4, 0.5) is 5.69 Å². The number of aryl methyl sites for hydroxylation is 3. The Morgan fingerprint density at radius 1 is 1.20 bits per heavy atom. The molecule has 0 bridgehead atoms. The Hall–Kier alpha value is -2.16. The average Bonchev–Trinajstić information content (AvgIpc) is 2.77. The van der Waals surface area contributed by atoms with Gasteiger partial charge in [-0.1, -0.05) is 6.92 Å². The number of carbonyl (C=O) groups is 1. The molecule has 102 valence electrons. The lowest BCUT2D eigenvalue weighted by molar-refractivity contribution is -0.115. The average molecular weight is 266 g/mol. The van der Waals surface area contributed by atoms with E-state index in [1.54, 1.807) is 0 Å². The van der Waals surface area contributed by atoms with Crippen LogP contribution in [-0.2, 0) is 17.6 Å². The van der Waals surface area contributed by atoms with Crippen molar-refractivity contribution in [3.05, 3.63) is 46.8 Å². The standard InChI is InChI=1S/C17H18N2O/c1-4-12-5-13(6-14-7-15(20)19-17(12)14)16-10(2)8-18-9-11(16)3/h5-6,8-9H,4,7H2,1-3H3,(H,19,20). The molecule has 1 amide bonds. The molecule has 3 nitrogen and oxygen atoms in total. The summed E-state index contributed by atoms with van der Waals surface area (Å²) in [7, 11) is 0. The zero-order chi connectivity index (χ0) is 14.3. The fourth-order valence-corrected chi connectivity index (χ4v) is 3.00. The fraction of sp³-hybridized carbons (Fsp3) is 0.294. The van der Waals surface area contributed by atoms with Crippen molar-refractivity contribution in [3.63, 3.8) is 0 Å². The van der Waals surface area contributed by atoms with Gasteiger partial charge < -0.3 is 5.32 Å². The van der Waals surface area contributed by atoms with Crippen LogP contribution in [0.1, 0.15) is 29.2 Å². The molecule has 1 aromatic heterocycles. The van der Waals surface area contributed by atoms with Crippen LogP contribution in [0.3, 0.4) is 0 Å². The Morgan fingerprint density at radius 2 is 1.90 bits per heavy atom. The second-order valence-electron chi connectivity index (χ2n) is 5.40. The van der Waals surface area contributed by atoms with E-state index in [9.17, 15) is 4.79 Å². The summed E-state index contributed by atoms with van der Waals surface area (Å²) in [5, 5.41) is 2.97. The highest BCUT2D eigenvalue weighted by Crippen LogP contribution is 2.35. The van der Waals surface area contributed by atoms with Gasteiger partial charge in [-0.25, -0.2) is 0 Å². The number of benzene rings is 1. The number of hydrogen-bond donors (Lipinski definition) is 1. The van der Waals surface area contributed by atoms with Gasteiger partial charge >= 0.3 is 0 Å². The Bertz CT molecular complexity index is 684. The van der Waals surface area contributed by atoms with Crippen LogP contribution in [0, 0.1) is 13.8 Å². The summed E-state index contributed by atoms with van der Waals surface area (Å²) in [5.74, 6) is 0.0926. The summed E-state index contributed by atoms with van der Waals surface area (Å²) in [5.41, 5.74) is 8.10. The first kappa shape index (κ1) is 12.9. The third-order valence-corrected chi connectivity index (χ3v) is 3.91. The van der Waals surface area contributed by atoms with Crippen LogP contribution in [0.2, 0.25) is 0 Å². The van der Waals surface area contributed by atoms with Crippen LogP contribution in [0.25, 0.3) is 11.1 Å². The van der Waals surface area contributed by atoms with Gasteiger partial charge in [0.2, 0.25) is 5.91 Å². The van der Waals surface area contributed by atoms with E-state index in [1.165, 1.54) is 27.8 Å². The summed E-state index contributed by atoms with van der Waals surface area (Å²) >= 11 is 0. The molecule has 20 heavy (non-hydrogen) atoms. The third-order valence-electron chi connectivity index (χ3n) is 3.91. The molecule has 0 radical (unpaired) electrons. The van der Waals surface area contributed by atoms with Crippen LogP contribution < -0.4 is 5.32 Å². The molecule has 0 saturated carbocycles. The summed E-state index contributed by atoms with van der Waals surface area (Å²) in [6, 6.07) is 4.33. The van der Waals surface area contributed by atoms with Crippen LogP contribution >= 0.6 is 0 Å². The van der Waals surface area contributed by atoms with Crippen LogP contribution in [-0.4, -0.2) is 10.9 Å². The zero-order valence-corrected chi connectivity index (χ0v) is 12.1. The summed E-state index contributed by atoms with van der Waals surface area (Å²) in [4.78, 5) is 15.9. The number of nitrogens with zero attached hydrogens (tertiary/aromatic N) is 1. The largest absolute Gasteiger partial charge is 0.325 e. The fourth-order valence-electron chi connectivity index (χ4n) is 3.00. The van der Waals surface area contributed by atoms with Crippen LogP contribution in [0.15, 0.2) is 24.5 Å². The number of pyridine rings is 1. The Labute approximate surface area is 119 Å². The number of hydrogen-bond acceptors (Lipinski definition) is 2. The molecule has 0 spiro atoms. The van der Waals surface area contributed by atoms with Gasteiger partial charge in [0, 0.05) is 18.1 Å².